The van der Waals surface area contributed by atoms with E-state index in [2.05, 4.69) is 20.2 Å². The highest BCUT2D eigenvalue weighted by Gasteiger charge is 2.18. The van der Waals surface area contributed by atoms with Gasteiger partial charge >= 0.3 is 0 Å². The lowest BCUT2D eigenvalue weighted by molar-refractivity contribution is 0.425. The molecule has 8 heteroatoms. The highest BCUT2D eigenvalue weighted by Crippen LogP contribution is 2.32. The molecule has 0 amide bonds. The van der Waals surface area contributed by atoms with Crippen LogP contribution in [0, 0.1) is 5.82 Å². The van der Waals surface area contributed by atoms with Crippen molar-refractivity contribution in [3.05, 3.63) is 60.7 Å². The lowest BCUT2D eigenvalue weighted by atomic mass is 10.1. The third-order valence-corrected chi connectivity index (χ3v) is 4.55. The van der Waals surface area contributed by atoms with E-state index in [-0.39, 0.29) is 11.8 Å². The maximum Gasteiger partial charge on any atom is 0.220 e. The van der Waals surface area contributed by atoms with Crippen LogP contribution in [0.5, 0.6) is 0 Å². The van der Waals surface area contributed by atoms with Gasteiger partial charge in [0.05, 0.1) is 17.1 Å². The number of nitrogens with zero attached hydrogens (tertiary/aromatic N) is 5. The number of likely N-dealkylation sites (N-methyl/N-ethyl adjacent to an activating group) is 1. The van der Waals surface area contributed by atoms with Crippen molar-refractivity contribution >= 4 is 17.3 Å². The fraction of sp³-hybridized carbons (Fsp3) is 0.190. The summed E-state index contributed by atoms with van der Waals surface area (Å²) < 4.78 is 15.4. The highest BCUT2D eigenvalue weighted by molar-refractivity contribution is 5.81. The molecule has 0 saturated heterocycles. The largest absolute Gasteiger partial charge is 0.384 e. The molecule has 4 rings (SSSR count). The van der Waals surface area contributed by atoms with Crippen LogP contribution in [0.15, 0.2) is 54.9 Å². The van der Waals surface area contributed by atoms with Crippen molar-refractivity contribution in [3.8, 4) is 22.6 Å². The van der Waals surface area contributed by atoms with Gasteiger partial charge in [-0.2, -0.15) is 0 Å². The Balaban J connectivity index is 1.83. The van der Waals surface area contributed by atoms with Gasteiger partial charge in [0.1, 0.15) is 11.5 Å². The van der Waals surface area contributed by atoms with Gasteiger partial charge in [-0.3, -0.25) is 4.40 Å². The first kappa shape index (κ1) is 18.8. The minimum Gasteiger partial charge on any atom is -0.384 e. The molecule has 0 saturated carbocycles. The Morgan fingerprint density at radius 3 is 2.62 bits per heavy atom. The maximum atomic E-state index is 13.4. The smallest absolute Gasteiger partial charge is 0.220 e. The number of pyridine rings is 1. The van der Waals surface area contributed by atoms with Gasteiger partial charge in [-0.25, -0.2) is 19.3 Å². The number of halogens is 1. The Morgan fingerprint density at radius 2 is 1.90 bits per heavy atom. The molecular formula is C21H22FN7. The monoisotopic (exact) mass is 391 g/mol. The third kappa shape index (κ3) is 4.02. The zero-order chi connectivity index (χ0) is 20.4. The zero-order valence-corrected chi connectivity index (χ0v) is 16.3. The predicted octanol–water partition coefficient (Wildman–Crippen LogP) is 3.15. The van der Waals surface area contributed by atoms with Gasteiger partial charge < -0.3 is 16.0 Å². The Bertz CT molecular complexity index is 1140. The first-order valence-electron chi connectivity index (χ1n) is 9.27. The van der Waals surface area contributed by atoms with Crippen molar-refractivity contribution in [2.24, 2.45) is 0 Å². The number of hydrogen-bond acceptors (Lipinski definition) is 6. The van der Waals surface area contributed by atoms with Crippen molar-refractivity contribution in [2.45, 2.75) is 0 Å². The van der Waals surface area contributed by atoms with Gasteiger partial charge in [-0.1, -0.05) is 0 Å². The van der Waals surface area contributed by atoms with E-state index in [1.54, 1.807) is 24.4 Å². The van der Waals surface area contributed by atoms with Crippen LogP contribution < -0.4 is 11.1 Å². The number of nitrogen functional groups attached to an aromatic ring is 1. The molecule has 29 heavy (non-hydrogen) atoms. The van der Waals surface area contributed by atoms with Crippen molar-refractivity contribution in [1.29, 1.82) is 0 Å². The zero-order valence-electron chi connectivity index (χ0n) is 16.3. The van der Waals surface area contributed by atoms with Crippen LogP contribution in [0.25, 0.3) is 28.3 Å². The first-order chi connectivity index (χ1) is 14.0. The molecule has 0 aliphatic carbocycles. The predicted molar refractivity (Wildman–Crippen MR) is 113 cm³/mol. The summed E-state index contributed by atoms with van der Waals surface area (Å²) in [6.07, 6.45) is 3.56. The van der Waals surface area contributed by atoms with E-state index in [0.717, 1.165) is 35.7 Å². The first-order valence-corrected chi connectivity index (χ1v) is 9.27. The molecule has 0 atom stereocenters. The number of rotatable bonds is 6. The van der Waals surface area contributed by atoms with Gasteiger partial charge in [-0.15, -0.1) is 0 Å². The fourth-order valence-corrected chi connectivity index (χ4v) is 3.14. The van der Waals surface area contributed by atoms with Gasteiger partial charge in [0.2, 0.25) is 5.95 Å². The average Bonchev–Trinajstić information content (AvgIpc) is 3.07. The molecule has 148 valence electrons. The van der Waals surface area contributed by atoms with E-state index < -0.39 is 0 Å². The Labute approximate surface area is 168 Å². The quantitative estimate of drug-likeness (QED) is 0.525. The molecule has 3 aromatic heterocycles. The van der Waals surface area contributed by atoms with Crippen molar-refractivity contribution in [3.63, 3.8) is 0 Å². The summed E-state index contributed by atoms with van der Waals surface area (Å²) in [6.45, 7) is 1.75. The second kappa shape index (κ2) is 7.84. The molecule has 0 aliphatic heterocycles. The molecule has 1 aromatic carbocycles. The van der Waals surface area contributed by atoms with Crippen LogP contribution in [-0.2, 0) is 0 Å². The number of aromatic nitrogens is 4. The molecule has 0 spiro atoms. The molecular weight excluding hydrogens is 369 g/mol. The Morgan fingerprint density at radius 1 is 1.10 bits per heavy atom. The molecule has 4 aromatic rings. The number of benzene rings is 1. The van der Waals surface area contributed by atoms with E-state index in [0.29, 0.717) is 11.4 Å². The van der Waals surface area contributed by atoms with E-state index in [1.165, 1.54) is 12.1 Å². The van der Waals surface area contributed by atoms with Crippen LogP contribution in [0.3, 0.4) is 0 Å². The van der Waals surface area contributed by atoms with Crippen LogP contribution in [-0.4, -0.2) is 51.4 Å². The van der Waals surface area contributed by atoms with E-state index in [4.69, 9.17) is 10.7 Å². The van der Waals surface area contributed by atoms with Crippen molar-refractivity contribution in [2.75, 3.05) is 38.2 Å². The summed E-state index contributed by atoms with van der Waals surface area (Å²) in [5.41, 5.74) is 10.5. The summed E-state index contributed by atoms with van der Waals surface area (Å²) in [4.78, 5) is 15.3. The minimum atomic E-state index is -0.294. The number of anilines is 2. The highest BCUT2D eigenvalue weighted by atomic mass is 19.1. The van der Waals surface area contributed by atoms with E-state index in [1.807, 2.05) is 36.8 Å². The molecule has 0 radical (unpaired) electrons. The fourth-order valence-electron chi connectivity index (χ4n) is 3.14. The summed E-state index contributed by atoms with van der Waals surface area (Å²) in [5.74, 6) is -0.109. The van der Waals surface area contributed by atoms with Crippen molar-refractivity contribution < 1.29 is 4.39 Å². The summed E-state index contributed by atoms with van der Waals surface area (Å²) in [7, 11) is 4.07. The normalized spacial score (nSPS) is 11.3. The molecule has 0 unspecified atom stereocenters. The second-order valence-electron chi connectivity index (χ2n) is 6.99. The lowest BCUT2D eigenvalue weighted by Crippen LogP contribution is -2.20. The molecule has 0 bridgehead atoms. The third-order valence-electron chi connectivity index (χ3n) is 4.55. The van der Waals surface area contributed by atoms with E-state index in [9.17, 15) is 4.39 Å². The van der Waals surface area contributed by atoms with Crippen molar-refractivity contribution in [1.82, 2.24) is 24.3 Å². The average molecular weight is 391 g/mol. The maximum absolute atomic E-state index is 13.4. The van der Waals surface area contributed by atoms with Crippen LogP contribution >= 0.6 is 0 Å². The number of imidazole rings is 1. The van der Waals surface area contributed by atoms with Crippen LogP contribution in [0.1, 0.15) is 0 Å². The minimum absolute atomic E-state index is 0.185. The summed E-state index contributed by atoms with van der Waals surface area (Å²) in [6, 6.07) is 12.0. The number of fused-ring (bicyclic) bond motifs is 1. The number of hydrogen-bond donors (Lipinski definition) is 2. The molecule has 0 aliphatic rings. The van der Waals surface area contributed by atoms with Gasteiger partial charge in [0, 0.05) is 42.8 Å². The number of nitrogens with one attached hydrogen (secondary N) is 1. The van der Waals surface area contributed by atoms with Gasteiger partial charge in [0.25, 0.3) is 0 Å². The van der Waals surface area contributed by atoms with Crippen LogP contribution in [0.2, 0.25) is 0 Å². The molecule has 7 nitrogen and oxygen atoms in total. The SMILES string of the molecule is CN(C)CCNc1ccn2c(-c3ccnc(N)n3)c(-c3ccc(F)cc3)nc2c1. The Hall–Kier alpha value is -3.52. The van der Waals surface area contributed by atoms with Gasteiger partial charge in [-0.05, 0) is 50.5 Å². The molecule has 0 fully saturated rings. The molecule has 3 heterocycles. The Kier molecular flexibility index (Phi) is 5.09. The van der Waals surface area contributed by atoms with E-state index >= 15 is 0 Å². The second-order valence-corrected chi connectivity index (χ2v) is 6.99. The van der Waals surface area contributed by atoms with Crippen LogP contribution in [0.4, 0.5) is 16.0 Å². The summed E-state index contributed by atoms with van der Waals surface area (Å²) >= 11 is 0. The van der Waals surface area contributed by atoms with Gasteiger partial charge in [0.15, 0.2) is 0 Å². The summed E-state index contributed by atoms with van der Waals surface area (Å²) in [5, 5.41) is 3.40. The topological polar surface area (TPSA) is 84.4 Å². The lowest BCUT2D eigenvalue weighted by Gasteiger charge is -2.11. The number of nitrogens with two attached hydrogens (primary N) is 1. The standard InChI is InChI=1S/C21H22FN7/c1-28(2)12-10-24-16-8-11-29-18(13-16)27-19(14-3-5-15(22)6-4-14)20(29)17-7-9-25-21(23)26-17/h3-9,11,13,24H,10,12H2,1-2H3,(H2,23,25,26). The molecule has 3 N–H and O–H groups in total.